The molecule has 3 nitrogen and oxygen atoms in total. The van der Waals surface area contributed by atoms with E-state index in [-0.39, 0.29) is 18.4 Å². The van der Waals surface area contributed by atoms with Crippen LogP contribution in [0.25, 0.3) is 0 Å². The lowest BCUT2D eigenvalue weighted by Gasteiger charge is -2.18. The summed E-state index contributed by atoms with van der Waals surface area (Å²) < 4.78 is 1.01. The number of rotatable bonds is 4. The molecule has 2 aromatic carbocycles. The molecule has 0 spiro atoms. The van der Waals surface area contributed by atoms with Crippen LogP contribution in [0.4, 0.5) is 5.69 Å². The Balaban J connectivity index is 2.17. The lowest BCUT2D eigenvalue weighted by molar-refractivity contribution is 0.276. The molecular formula is C14H14BrNO2. The van der Waals surface area contributed by atoms with Gasteiger partial charge in [0.05, 0.1) is 12.6 Å². The van der Waals surface area contributed by atoms with Gasteiger partial charge in [-0.2, -0.15) is 0 Å². The number of phenolic OH excluding ortho intramolecular Hbond substituents is 1. The molecule has 0 aliphatic rings. The third-order valence-electron chi connectivity index (χ3n) is 2.64. The summed E-state index contributed by atoms with van der Waals surface area (Å²) in [6.45, 7) is -0.0421. The van der Waals surface area contributed by atoms with Crippen molar-refractivity contribution in [1.29, 1.82) is 0 Å². The highest BCUT2D eigenvalue weighted by atomic mass is 79.9. The van der Waals surface area contributed by atoms with Gasteiger partial charge in [0.25, 0.3) is 0 Å². The highest BCUT2D eigenvalue weighted by molar-refractivity contribution is 9.10. The van der Waals surface area contributed by atoms with Crippen LogP contribution in [-0.2, 0) is 0 Å². The molecule has 0 saturated carbocycles. The van der Waals surface area contributed by atoms with Gasteiger partial charge < -0.3 is 15.5 Å². The van der Waals surface area contributed by atoms with Gasteiger partial charge in [-0.15, -0.1) is 0 Å². The normalized spacial score (nSPS) is 12.1. The lowest BCUT2D eigenvalue weighted by atomic mass is 10.1. The summed E-state index contributed by atoms with van der Waals surface area (Å²) in [7, 11) is 0. The van der Waals surface area contributed by atoms with Crippen molar-refractivity contribution in [3.8, 4) is 5.75 Å². The van der Waals surface area contributed by atoms with Gasteiger partial charge in [-0.3, -0.25) is 0 Å². The van der Waals surface area contributed by atoms with E-state index in [0.717, 1.165) is 15.7 Å². The van der Waals surface area contributed by atoms with E-state index in [9.17, 15) is 10.2 Å². The first-order valence-electron chi connectivity index (χ1n) is 5.61. The minimum atomic E-state index is -0.238. The lowest BCUT2D eigenvalue weighted by Crippen LogP contribution is -2.14. The molecular weight excluding hydrogens is 294 g/mol. The molecule has 0 aromatic heterocycles. The second-order valence-electron chi connectivity index (χ2n) is 3.98. The van der Waals surface area contributed by atoms with Crippen LogP contribution in [0.5, 0.6) is 5.75 Å². The molecule has 1 unspecified atom stereocenters. The summed E-state index contributed by atoms with van der Waals surface area (Å²) in [6.07, 6.45) is 0. The summed E-state index contributed by atoms with van der Waals surface area (Å²) in [5, 5.41) is 22.1. The summed E-state index contributed by atoms with van der Waals surface area (Å²) in [5.41, 5.74) is 1.76. The number of nitrogens with one attached hydrogen (secondary N) is 1. The van der Waals surface area contributed by atoms with Crippen molar-refractivity contribution in [2.45, 2.75) is 6.04 Å². The summed E-state index contributed by atoms with van der Waals surface area (Å²) in [6, 6.07) is 14.4. The van der Waals surface area contributed by atoms with Crippen LogP contribution in [0.2, 0.25) is 0 Å². The van der Waals surface area contributed by atoms with Crippen molar-refractivity contribution in [2.75, 3.05) is 11.9 Å². The minimum Gasteiger partial charge on any atom is -0.508 e. The first-order chi connectivity index (χ1) is 8.69. The molecule has 0 amide bonds. The minimum absolute atomic E-state index is 0.0421. The van der Waals surface area contributed by atoms with Gasteiger partial charge in [0.15, 0.2) is 0 Å². The van der Waals surface area contributed by atoms with Crippen molar-refractivity contribution >= 4 is 21.6 Å². The summed E-state index contributed by atoms with van der Waals surface area (Å²) in [5.74, 6) is 0.198. The van der Waals surface area contributed by atoms with Gasteiger partial charge in [-0.05, 0) is 42.0 Å². The van der Waals surface area contributed by atoms with Gasteiger partial charge in [0, 0.05) is 10.2 Å². The van der Waals surface area contributed by atoms with E-state index in [1.807, 2.05) is 30.3 Å². The SMILES string of the molecule is OCC(Nc1ccc(Br)cc1)c1cccc(O)c1. The third-order valence-corrected chi connectivity index (χ3v) is 3.17. The van der Waals surface area contributed by atoms with Gasteiger partial charge in [0.2, 0.25) is 0 Å². The van der Waals surface area contributed by atoms with E-state index in [2.05, 4.69) is 21.2 Å². The zero-order chi connectivity index (χ0) is 13.0. The molecule has 4 heteroatoms. The third kappa shape index (κ3) is 3.24. The first-order valence-corrected chi connectivity index (χ1v) is 6.40. The number of aromatic hydroxyl groups is 1. The van der Waals surface area contributed by atoms with Crippen LogP contribution in [0.3, 0.4) is 0 Å². The van der Waals surface area contributed by atoms with Crippen LogP contribution >= 0.6 is 15.9 Å². The number of halogens is 1. The monoisotopic (exact) mass is 307 g/mol. The van der Waals surface area contributed by atoms with Gasteiger partial charge in [-0.25, -0.2) is 0 Å². The Labute approximate surface area is 114 Å². The van der Waals surface area contributed by atoms with Gasteiger partial charge in [0.1, 0.15) is 5.75 Å². The molecule has 2 rings (SSSR count). The zero-order valence-electron chi connectivity index (χ0n) is 9.68. The van der Waals surface area contributed by atoms with Crippen LogP contribution in [0.15, 0.2) is 53.0 Å². The fraction of sp³-hybridized carbons (Fsp3) is 0.143. The fourth-order valence-corrected chi connectivity index (χ4v) is 1.99. The molecule has 0 radical (unpaired) electrons. The maximum Gasteiger partial charge on any atom is 0.115 e. The molecule has 2 aromatic rings. The van der Waals surface area contributed by atoms with Crippen molar-refractivity contribution in [3.63, 3.8) is 0 Å². The number of hydrogen-bond acceptors (Lipinski definition) is 3. The number of hydrogen-bond donors (Lipinski definition) is 3. The van der Waals surface area contributed by atoms with Crippen LogP contribution in [-0.4, -0.2) is 16.8 Å². The molecule has 0 heterocycles. The number of phenols is 1. The molecule has 0 fully saturated rings. The quantitative estimate of drug-likeness (QED) is 0.812. The number of aliphatic hydroxyl groups excluding tert-OH is 1. The summed E-state index contributed by atoms with van der Waals surface area (Å²) in [4.78, 5) is 0. The number of aliphatic hydroxyl groups is 1. The molecule has 0 aliphatic carbocycles. The largest absolute Gasteiger partial charge is 0.508 e. The Morgan fingerprint density at radius 3 is 2.44 bits per heavy atom. The van der Waals surface area contributed by atoms with Crippen LogP contribution < -0.4 is 5.32 Å². The van der Waals surface area contributed by atoms with Gasteiger partial charge in [-0.1, -0.05) is 28.1 Å². The highest BCUT2D eigenvalue weighted by Crippen LogP contribution is 2.23. The van der Waals surface area contributed by atoms with E-state index in [1.54, 1.807) is 18.2 Å². The Morgan fingerprint density at radius 2 is 1.83 bits per heavy atom. The van der Waals surface area contributed by atoms with E-state index in [0.29, 0.717) is 0 Å². The van der Waals surface area contributed by atoms with Gasteiger partial charge >= 0.3 is 0 Å². The second kappa shape index (κ2) is 5.89. The Bertz CT molecular complexity index is 513. The molecule has 94 valence electrons. The zero-order valence-corrected chi connectivity index (χ0v) is 11.3. The summed E-state index contributed by atoms with van der Waals surface area (Å²) >= 11 is 3.37. The highest BCUT2D eigenvalue weighted by Gasteiger charge is 2.10. The maximum absolute atomic E-state index is 9.44. The second-order valence-corrected chi connectivity index (χ2v) is 4.90. The average Bonchev–Trinajstić information content (AvgIpc) is 2.38. The van der Waals surface area contributed by atoms with Crippen LogP contribution in [0.1, 0.15) is 11.6 Å². The molecule has 3 N–H and O–H groups in total. The average molecular weight is 308 g/mol. The van der Waals surface area contributed by atoms with Crippen molar-refractivity contribution in [2.24, 2.45) is 0 Å². The fourth-order valence-electron chi connectivity index (χ4n) is 1.72. The maximum atomic E-state index is 9.44. The van der Waals surface area contributed by atoms with E-state index < -0.39 is 0 Å². The predicted molar refractivity (Wildman–Crippen MR) is 75.7 cm³/mol. The Kier molecular flexibility index (Phi) is 4.23. The molecule has 18 heavy (non-hydrogen) atoms. The Hall–Kier alpha value is -1.52. The smallest absolute Gasteiger partial charge is 0.115 e. The number of anilines is 1. The van der Waals surface area contributed by atoms with Crippen molar-refractivity contribution in [3.05, 3.63) is 58.6 Å². The van der Waals surface area contributed by atoms with E-state index in [1.165, 1.54) is 0 Å². The standard InChI is InChI=1S/C14H14BrNO2/c15-11-4-6-12(7-5-11)16-14(9-17)10-2-1-3-13(18)8-10/h1-8,14,16-18H,9H2. The molecule has 1 atom stereocenters. The molecule has 0 saturated heterocycles. The topological polar surface area (TPSA) is 52.5 Å². The van der Waals surface area contributed by atoms with Crippen molar-refractivity contribution in [1.82, 2.24) is 0 Å². The first kappa shape index (κ1) is 12.9. The predicted octanol–water partition coefficient (Wildman–Crippen LogP) is 3.30. The number of benzene rings is 2. The van der Waals surface area contributed by atoms with E-state index in [4.69, 9.17) is 0 Å². The Morgan fingerprint density at radius 1 is 1.11 bits per heavy atom. The van der Waals surface area contributed by atoms with E-state index >= 15 is 0 Å². The molecule has 0 bridgehead atoms. The molecule has 0 aliphatic heterocycles. The van der Waals surface area contributed by atoms with Crippen LogP contribution in [0, 0.1) is 0 Å². The van der Waals surface area contributed by atoms with Crippen molar-refractivity contribution < 1.29 is 10.2 Å².